The average molecular weight is 454 g/mol. The summed E-state index contributed by atoms with van der Waals surface area (Å²) in [6.45, 7) is 11.6. The molecule has 1 aromatic rings. The van der Waals surface area contributed by atoms with Gasteiger partial charge < -0.3 is 16.0 Å². The molecular weight excluding hydrogens is 419 g/mol. The minimum atomic E-state index is -0.526. The predicted octanol–water partition coefficient (Wildman–Crippen LogP) is 3.80. The van der Waals surface area contributed by atoms with Gasteiger partial charge >= 0.3 is 0 Å². The lowest BCUT2D eigenvalue weighted by atomic mass is 9.87. The summed E-state index contributed by atoms with van der Waals surface area (Å²) in [4.78, 5) is 17.3. The number of anilines is 2. The van der Waals surface area contributed by atoms with E-state index in [0.29, 0.717) is 0 Å². The second kappa shape index (κ2) is 11.5. The van der Waals surface area contributed by atoms with Gasteiger partial charge in [-0.1, -0.05) is 26.8 Å². The van der Waals surface area contributed by atoms with E-state index in [2.05, 4.69) is 27.2 Å². The van der Waals surface area contributed by atoms with E-state index in [1.165, 1.54) is 25.1 Å². The highest BCUT2D eigenvalue weighted by Crippen LogP contribution is 2.30. The molecule has 3 rings (SSSR count). The summed E-state index contributed by atoms with van der Waals surface area (Å²) in [6, 6.07) is 7.59. The van der Waals surface area contributed by atoms with Crippen LogP contribution in [0, 0.1) is 11.3 Å². The highest BCUT2D eigenvalue weighted by atomic mass is 35.5. The maximum Gasteiger partial charge on any atom is 0.241 e. The number of nitrogens with zero attached hydrogens (tertiary/aromatic N) is 2. The summed E-state index contributed by atoms with van der Waals surface area (Å²) < 4.78 is 0. The summed E-state index contributed by atoms with van der Waals surface area (Å²) in [7, 11) is 0. The highest BCUT2D eigenvalue weighted by molar-refractivity contribution is 5.95. The molecule has 0 unspecified atom stereocenters. The Kier molecular flexibility index (Phi) is 11.2. The number of nitrogens with two attached hydrogens (primary N) is 1. The standard InChI is InChI=1S/C20H32N4O.3ClH/c1-20(2,3)18(21)19(25)22-16-5-4-6-17(13-16)24-11-9-23(10-12-24)14-15-7-8-15;;;/h4-6,13,15,18H,7-12,14,21H2,1-3H3,(H,22,25);3*1H/t18-;;;/m1.../s1. The average Bonchev–Trinajstić information content (AvgIpc) is 3.38. The van der Waals surface area contributed by atoms with Crippen LogP contribution in [0.5, 0.6) is 0 Å². The zero-order chi connectivity index (χ0) is 18.0. The summed E-state index contributed by atoms with van der Waals surface area (Å²) in [6.07, 6.45) is 2.83. The van der Waals surface area contributed by atoms with Gasteiger partial charge in [-0.25, -0.2) is 0 Å². The molecule has 2 aliphatic rings. The number of hydrogen-bond donors (Lipinski definition) is 2. The Balaban J connectivity index is 0.00000243. The quantitative estimate of drug-likeness (QED) is 0.712. The first-order valence-electron chi connectivity index (χ1n) is 9.47. The van der Waals surface area contributed by atoms with Gasteiger partial charge in [0.15, 0.2) is 0 Å². The summed E-state index contributed by atoms with van der Waals surface area (Å²) in [5.41, 5.74) is 7.80. The first kappa shape index (κ1) is 27.3. The van der Waals surface area contributed by atoms with Gasteiger partial charge in [-0.2, -0.15) is 0 Å². The Bertz CT molecular complexity index is 612. The van der Waals surface area contributed by atoms with E-state index >= 15 is 0 Å². The van der Waals surface area contributed by atoms with Crippen LogP contribution in [-0.2, 0) is 4.79 Å². The molecule has 2 fully saturated rings. The fraction of sp³-hybridized carbons (Fsp3) is 0.650. The lowest BCUT2D eigenvalue weighted by Gasteiger charge is -2.36. The highest BCUT2D eigenvalue weighted by Gasteiger charge is 2.28. The van der Waals surface area contributed by atoms with Gasteiger partial charge in [0, 0.05) is 44.1 Å². The number of amides is 1. The molecule has 0 aromatic heterocycles. The fourth-order valence-corrected chi connectivity index (χ4v) is 3.25. The molecule has 0 bridgehead atoms. The Morgan fingerprint density at radius 1 is 1.14 bits per heavy atom. The molecule has 1 saturated heterocycles. The molecule has 1 aromatic carbocycles. The molecule has 8 heteroatoms. The molecule has 1 aliphatic heterocycles. The SMILES string of the molecule is CC(C)(C)[C@H](N)C(=O)Nc1cccc(N2CCN(CC3CC3)CC2)c1.Cl.Cl.Cl. The molecule has 1 amide bonds. The zero-order valence-electron chi connectivity index (χ0n) is 17.0. The zero-order valence-corrected chi connectivity index (χ0v) is 19.5. The van der Waals surface area contributed by atoms with Gasteiger partial charge in [0.05, 0.1) is 6.04 Å². The van der Waals surface area contributed by atoms with Gasteiger partial charge in [-0.3, -0.25) is 9.69 Å². The monoisotopic (exact) mass is 452 g/mol. The van der Waals surface area contributed by atoms with Crippen molar-refractivity contribution in [2.45, 2.75) is 39.7 Å². The number of carbonyl (C=O) groups is 1. The number of nitrogens with one attached hydrogen (secondary N) is 1. The van der Waals surface area contributed by atoms with Crippen molar-refractivity contribution in [3.63, 3.8) is 0 Å². The van der Waals surface area contributed by atoms with E-state index < -0.39 is 6.04 Å². The molecule has 1 atom stereocenters. The molecule has 1 heterocycles. The molecule has 162 valence electrons. The third-order valence-electron chi connectivity index (χ3n) is 5.28. The Morgan fingerprint density at radius 3 is 2.29 bits per heavy atom. The summed E-state index contributed by atoms with van der Waals surface area (Å²) >= 11 is 0. The van der Waals surface area contributed by atoms with Crippen molar-refractivity contribution in [3.8, 4) is 0 Å². The molecule has 28 heavy (non-hydrogen) atoms. The number of halogens is 3. The topological polar surface area (TPSA) is 61.6 Å². The largest absolute Gasteiger partial charge is 0.369 e. The minimum absolute atomic E-state index is 0. The van der Waals surface area contributed by atoms with Crippen molar-refractivity contribution in [1.82, 2.24) is 4.90 Å². The second-order valence-corrected chi connectivity index (χ2v) is 8.61. The predicted molar refractivity (Wildman–Crippen MR) is 126 cm³/mol. The lowest BCUT2D eigenvalue weighted by Crippen LogP contribution is -2.47. The van der Waals surface area contributed by atoms with Gasteiger partial charge in [-0.15, -0.1) is 37.2 Å². The minimum Gasteiger partial charge on any atom is -0.369 e. The van der Waals surface area contributed by atoms with Crippen LogP contribution in [0.1, 0.15) is 33.6 Å². The van der Waals surface area contributed by atoms with E-state index in [0.717, 1.165) is 37.8 Å². The second-order valence-electron chi connectivity index (χ2n) is 8.61. The van der Waals surface area contributed by atoms with Gasteiger partial charge in [0.2, 0.25) is 5.91 Å². The van der Waals surface area contributed by atoms with E-state index in [9.17, 15) is 4.79 Å². The van der Waals surface area contributed by atoms with E-state index in [1.807, 2.05) is 32.9 Å². The van der Waals surface area contributed by atoms with Gasteiger partial charge in [-0.05, 0) is 42.4 Å². The smallest absolute Gasteiger partial charge is 0.241 e. The van der Waals surface area contributed by atoms with Crippen LogP contribution in [-0.4, -0.2) is 49.6 Å². The number of hydrogen-bond acceptors (Lipinski definition) is 4. The number of piperazine rings is 1. The first-order chi connectivity index (χ1) is 11.8. The van der Waals surface area contributed by atoms with Crippen LogP contribution >= 0.6 is 37.2 Å². The molecule has 0 spiro atoms. The van der Waals surface area contributed by atoms with Crippen LogP contribution in [0.3, 0.4) is 0 Å². The van der Waals surface area contributed by atoms with Crippen molar-refractivity contribution >= 4 is 54.5 Å². The van der Waals surface area contributed by atoms with Gasteiger partial charge in [0.25, 0.3) is 0 Å². The molecule has 3 N–H and O–H groups in total. The Hall–Kier alpha value is -0.720. The van der Waals surface area contributed by atoms with Crippen molar-refractivity contribution in [2.24, 2.45) is 17.1 Å². The molecule has 1 saturated carbocycles. The van der Waals surface area contributed by atoms with Gasteiger partial charge in [0.1, 0.15) is 0 Å². The number of carbonyl (C=O) groups excluding carboxylic acids is 1. The van der Waals surface area contributed by atoms with Crippen molar-refractivity contribution in [3.05, 3.63) is 24.3 Å². The summed E-state index contributed by atoms with van der Waals surface area (Å²) in [5, 5.41) is 2.97. The van der Waals surface area contributed by atoms with Crippen LogP contribution in [0.4, 0.5) is 11.4 Å². The van der Waals surface area contributed by atoms with Crippen molar-refractivity contribution in [1.29, 1.82) is 0 Å². The van der Waals surface area contributed by atoms with Crippen molar-refractivity contribution in [2.75, 3.05) is 42.9 Å². The number of rotatable bonds is 5. The van der Waals surface area contributed by atoms with E-state index in [-0.39, 0.29) is 48.5 Å². The lowest BCUT2D eigenvalue weighted by molar-refractivity contribution is -0.119. The van der Waals surface area contributed by atoms with Crippen LogP contribution in [0.15, 0.2) is 24.3 Å². The third kappa shape index (κ3) is 7.60. The third-order valence-corrected chi connectivity index (χ3v) is 5.28. The Morgan fingerprint density at radius 2 is 1.75 bits per heavy atom. The summed E-state index contributed by atoms with van der Waals surface area (Å²) in [5.74, 6) is 0.830. The molecule has 1 aliphatic carbocycles. The number of benzene rings is 1. The van der Waals surface area contributed by atoms with Crippen molar-refractivity contribution < 1.29 is 4.79 Å². The first-order valence-corrected chi connectivity index (χ1v) is 9.47. The van der Waals surface area contributed by atoms with E-state index in [4.69, 9.17) is 5.73 Å². The van der Waals surface area contributed by atoms with E-state index in [1.54, 1.807) is 0 Å². The Labute approximate surface area is 188 Å². The van der Waals surface area contributed by atoms with Crippen LogP contribution < -0.4 is 16.0 Å². The normalized spacial score (nSPS) is 18.2. The maximum atomic E-state index is 12.3. The van der Waals surface area contributed by atoms with Crippen LogP contribution in [0.2, 0.25) is 0 Å². The molecular formula is C20H35Cl3N4O. The molecule has 5 nitrogen and oxygen atoms in total. The fourth-order valence-electron chi connectivity index (χ4n) is 3.25. The molecule has 0 radical (unpaired) electrons. The maximum absolute atomic E-state index is 12.3. The van der Waals surface area contributed by atoms with Crippen LogP contribution in [0.25, 0.3) is 0 Å².